The van der Waals surface area contributed by atoms with Gasteiger partial charge in [-0.2, -0.15) is 0 Å². The van der Waals surface area contributed by atoms with Gasteiger partial charge in [0.05, 0.1) is 5.37 Å². The number of hydrogen-bond donors (Lipinski definition) is 4. The second-order valence-corrected chi connectivity index (χ2v) is 7.86. The van der Waals surface area contributed by atoms with E-state index in [9.17, 15) is 24.6 Å². The Labute approximate surface area is 161 Å². The second kappa shape index (κ2) is 9.11. The molecule has 4 N–H and O–H groups in total. The number of thioether (sulfide) groups is 1. The third-order valence-electron chi connectivity index (χ3n) is 3.70. The average Bonchev–Trinajstić information content (AvgIpc) is 2.86. The Balaban J connectivity index is 0.00000338. The van der Waals surface area contributed by atoms with E-state index in [1.165, 1.54) is 11.8 Å². The summed E-state index contributed by atoms with van der Waals surface area (Å²) in [5.41, 5.74) is 0. The van der Waals surface area contributed by atoms with Crippen molar-refractivity contribution >= 4 is 42.0 Å². The van der Waals surface area contributed by atoms with Gasteiger partial charge in [0.2, 0.25) is 0 Å². The zero-order valence-corrected chi connectivity index (χ0v) is 15.8. The maximum atomic E-state index is 12.0. The van der Waals surface area contributed by atoms with Gasteiger partial charge in [0.15, 0.2) is 12.6 Å². The van der Waals surface area contributed by atoms with Gasteiger partial charge in [0.25, 0.3) is 5.91 Å². The molecule has 10 heteroatoms. The molecule has 1 aliphatic heterocycles. The second-order valence-electron chi connectivity index (χ2n) is 6.06. The molecular weight excluding hydrogens is 384 g/mol. The fourth-order valence-corrected chi connectivity index (χ4v) is 3.96. The van der Waals surface area contributed by atoms with Gasteiger partial charge in [-0.05, 0) is 26.0 Å². The molecule has 1 saturated heterocycles. The molecule has 0 bridgehead atoms. The number of carboxylic acid groups (broad SMARTS) is 2. The van der Waals surface area contributed by atoms with Crippen LogP contribution in [0.5, 0.6) is 5.75 Å². The summed E-state index contributed by atoms with van der Waals surface area (Å²) >= 11 is 1.17. The number of carbonyl (C=O) groups excluding carboxylic acids is 1. The van der Waals surface area contributed by atoms with Gasteiger partial charge < -0.3 is 20.3 Å². The molecule has 8 nitrogen and oxygen atoms in total. The number of rotatable bonds is 7. The minimum atomic E-state index is -1.28. The van der Waals surface area contributed by atoms with Crippen molar-refractivity contribution in [1.29, 1.82) is 0 Å². The van der Waals surface area contributed by atoms with Crippen molar-refractivity contribution in [2.24, 2.45) is 0 Å². The number of aliphatic carboxylic acids is 2. The molecule has 1 heterocycles. The normalized spacial score (nSPS) is 21.9. The van der Waals surface area contributed by atoms with Crippen LogP contribution < -0.4 is 15.4 Å². The average molecular weight is 405 g/mol. The number of halogens is 1. The number of benzene rings is 1. The van der Waals surface area contributed by atoms with Crippen LogP contribution in [0.1, 0.15) is 13.8 Å². The van der Waals surface area contributed by atoms with Crippen LogP contribution in [0.3, 0.4) is 0 Å². The smallest absolute Gasteiger partial charge is 0.328 e. The minimum Gasteiger partial charge on any atom is -0.484 e. The summed E-state index contributed by atoms with van der Waals surface area (Å²) in [4.78, 5) is 34.8. The van der Waals surface area contributed by atoms with Crippen LogP contribution in [-0.4, -0.2) is 56.9 Å². The molecule has 1 aromatic carbocycles. The summed E-state index contributed by atoms with van der Waals surface area (Å²) in [6.07, 6.45) is 0. The van der Waals surface area contributed by atoms with Crippen LogP contribution in [0, 0.1) is 0 Å². The molecule has 0 aliphatic carbocycles. The Kier molecular flexibility index (Phi) is 7.73. The maximum Gasteiger partial charge on any atom is 0.328 e. The van der Waals surface area contributed by atoms with Crippen molar-refractivity contribution in [3.8, 4) is 5.75 Å². The van der Waals surface area contributed by atoms with Crippen LogP contribution >= 0.6 is 24.2 Å². The fourth-order valence-electron chi connectivity index (χ4n) is 2.47. The topological polar surface area (TPSA) is 125 Å². The fraction of sp³-hybridized carbons (Fsp3) is 0.438. The first-order valence-electron chi connectivity index (χ1n) is 7.57. The summed E-state index contributed by atoms with van der Waals surface area (Å²) in [5.74, 6) is -2.43. The lowest BCUT2D eigenvalue weighted by Crippen LogP contribution is -2.54. The third kappa shape index (κ3) is 5.52. The lowest BCUT2D eigenvalue weighted by Gasteiger charge is -2.22. The molecule has 2 rings (SSSR count). The van der Waals surface area contributed by atoms with Crippen molar-refractivity contribution in [3.63, 3.8) is 0 Å². The number of ether oxygens (including phenoxy) is 1. The van der Waals surface area contributed by atoms with Crippen molar-refractivity contribution < 1.29 is 29.3 Å². The molecule has 3 atom stereocenters. The van der Waals surface area contributed by atoms with Gasteiger partial charge in [0.1, 0.15) is 11.8 Å². The van der Waals surface area contributed by atoms with Crippen LogP contribution in [0.4, 0.5) is 0 Å². The summed E-state index contributed by atoms with van der Waals surface area (Å²) < 4.78 is 4.57. The summed E-state index contributed by atoms with van der Waals surface area (Å²) in [7, 11) is 0. The van der Waals surface area contributed by atoms with E-state index >= 15 is 0 Å². The number of nitrogens with one attached hydrogen (secondary N) is 2. The first-order valence-corrected chi connectivity index (χ1v) is 8.45. The Hall–Kier alpha value is -1.97. The molecule has 1 amide bonds. The highest BCUT2D eigenvalue weighted by atomic mass is 35.5. The lowest BCUT2D eigenvalue weighted by atomic mass is 10.0. The molecule has 0 saturated carbocycles. The van der Waals surface area contributed by atoms with E-state index in [1.54, 1.807) is 44.2 Å². The SMILES string of the molecule is CC1(C)SC(C(NC(=O)COc2ccccc2)C(=O)O)N[C@H]1C(=O)O.Cl. The molecule has 144 valence electrons. The van der Waals surface area contributed by atoms with Crippen LogP contribution in [0.25, 0.3) is 0 Å². The van der Waals surface area contributed by atoms with Crippen molar-refractivity contribution in [3.05, 3.63) is 30.3 Å². The molecule has 1 aliphatic rings. The largest absolute Gasteiger partial charge is 0.484 e. The summed E-state index contributed by atoms with van der Waals surface area (Å²) in [5, 5.41) is 23.0. The van der Waals surface area contributed by atoms with Crippen molar-refractivity contribution in [2.45, 2.75) is 36.1 Å². The van der Waals surface area contributed by atoms with Gasteiger partial charge in [0, 0.05) is 4.75 Å². The van der Waals surface area contributed by atoms with Crippen LogP contribution in [-0.2, 0) is 14.4 Å². The Morgan fingerprint density at radius 2 is 1.88 bits per heavy atom. The van der Waals surface area contributed by atoms with Gasteiger partial charge in [-0.15, -0.1) is 24.2 Å². The third-order valence-corrected chi connectivity index (χ3v) is 5.21. The predicted octanol–water partition coefficient (Wildman–Crippen LogP) is 0.951. The van der Waals surface area contributed by atoms with E-state index in [4.69, 9.17) is 4.74 Å². The molecule has 1 aromatic rings. The first-order chi connectivity index (χ1) is 11.7. The highest BCUT2D eigenvalue weighted by molar-refractivity contribution is 8.01. The van der Waals surface area contributed by atoms with E-state index in [0.717, 1.165) is 0 Å². The van der Waals surface area contributed by atoms with Crippen molar-refractivity contribution in [2.75, 3.05) is 6.61 Å². The maximum absolute atomic E-state index is 12.0. The number of amides is 1. The number of carbonyl (C=O) groups is 3. The molecule has 0 spiro atoms. The zero-order valence-electron chi connectivity index (χ0n) is 14.2. The van der Waals surface area contributed by atoms with Gasteiger partial charge in [-0.1, -0.05) is 18.2 Å². The van der Waals surface area contributed by atoms with E-state index in [2.05, 4.69) is 10.6 Å². The molecule has 0 aromatic heterocycles. The lowest BCUT2D eigenvalue weighted by molar-refractivity contribution is -0.143. The highest BCUT2D eigenvalue weighted by Crippen LogP contribution is 2.39. The molecule has 1 fully saturated rings. The Morgan fingerprint density at radius 1 is 1.27 bits per heavy atom. The standard InChI is InChI=1S/C16H20N2O6S.ClH/c1-16(2)12(15(22)23)18-13(25-16)11(14(20)21)17-10(19)8-24-9-6-4-3-5-7-9;/h3-7,11-13,18H,8H2,1-2H3,(H,17,19)(H,20,21)(H,22,23);1H/t11?,12-,13?;/m0./s1. The van der Waals surface area contributed by atoms with E-state index in [1.807, 2.05) is 0 Å². The van der Waals surface area contributed by atoms with Crippen molar-refractivity contribution in [1.82, 2.24) is 10.6 Å². The quantitative estimate of drug-likeness (QED) is 0.529. The molecule has 0 radical (unpaired) electrons. The molecule has 2 unspecified atom stereocenters. The Morgan fingerprint density at radius 3 is 2.38 bits per heavy atom. The minimum absolute atomic E-state index is 0. The monoisotopic (exact) mass is 404 g/mol. The predicted molar refractivity (Wildman–Crippen MR) is 98.8 cm³/mol. The van der Waals surface area contributed by atoms with E-state index in [-0.39, 0.29) is 19.0 Å². The highest BCUT2D eigenvalue weighted by Gasteiger charge is 2.49. The Bertz CT molecular complexity index is 657. The van der Waals surface area contributed by atoms with Crippen LogP contribution in [0.15, 0.2) is 30.3 Å². The van der Waals surface area contributed by atoms with Gasteiger partial charge in [-0.3, -0.25) is 14.9 Å². The number of para-hydroxylation sites is 1. The zero-order chi connectivity index (χ0) is 18.6. The molecule has 26 heavy (non-hydrogen) atoms. The van der Waals surface area contributed by atoms with E-state index in [0.29, 0.717) is 5.75 Å². The number of hydrogen-bond acceptors (Lipinski definition) is 6. The summed E-state index contributed by atoms with van der Waals surface area (Å²) in [6.45, 7) is 3.09. The number of carboxylic acids is 2. The summed E-state index contributed by atoms with van der Waals surface area (Å²) in [6, 6.07) is 6.47. The molecular formula is C16H21ClN2O6S. The van der Waals surface area contributed by atoms with Gasteiger partial charge in [-0.25, -0.2) is 4.79 Å². The van der Waals surface area contributed by atoms with Crippen LogP contribution in [0.2, 0.25) is 0 Å². The van der Waals surface area contributed by atoms with Gasteiger partial charge >= 0.3 is 11.9 Å². The first kappa shape index (κ1) is 22.1. The van der Waals surface area contributed by atoms with E-state index < -0.39 is 40.1 Å².